The number of nitrogens with zero attached hydrogens (tertiary/aromatic N) is 1. The lowest BCUT2D eigenvalue weighted by molar-refractivity contribution is -0.139. The Labute approximate surface area is 214 Å². The molecule has 0 bridgehead atoms. The minimum Gasteiger partial charge on any atom is -0.507 e. The number of amides is 1. The van der Waals surface area contributed by atoms with E-state index in [0.717, 1.165) is 17.5 Å². The molecule has 1 fully saturated rings. The Morgan fingerprint density at radius 1 is 1.06 bits per heavy atom. The summed E-state index contributed by atoms with van der Waals surface area (Å²) in [7, 11) is 0. The van der Waals surface area contributed by atoms with Gasteiger partial charge in [-0.1, -0.05) is 42.8 Å². The van der Waals surface area contributed by atoms with Crippen molar-refractivity contribution in [3.8, 4) is 5.75 Å². The summed E-state index contributed by atoms with van der Waals surface area (Å²) in [6.45, 7) is 4.66. The topological polar surface area (TPSA) is 66.8 Å². The van der Waals surface area contributed by atoms with Crippen LogP contribution >= 0.6 is 11.6 Å². The first kappa shape index (κ1) is 25.5. The molecule has 1 N–H and O–H groups in total. The lowest BCUT2D eigenvalue weighted by Crippen LogP contribution is -2.31. The number of carbonyl (C=O) groups excluding carboxylic acids is 2. The zero-order valence-corrected chi connectivity index (χ0v) is 20.9. The van der Waals surface area contributed by atoms with Crippen molar-refractivity contribution < 1.29 is 23.8 Å². The monoisotopic (exact) mass is 507 g/mol. The number of rotatable bonds is 8. The summed E-state index contributed by atoms with van der Waals surface area (Å²) in [5.74, 6) is -1.35. The Morgan fingerprint density at radius 3 is 2.39 bits per heavy atom. The molecule has 1 aliphatic rings. The highest BCUT2D eigenvalue weighted by Gasteiger charge is 2.45. The third kappa shape index (κ3) is 5.29. The molecule has 0 aliphatic carbocycles. The number of hydrogen-bond acceptors (Lipinski definition) is 4. The summed E-state index contributed by atoms with van der Waals surface area (Å²) < 4.78 is 19.0. The summed E-state index contributed by atoms with van der Waals surface area (Å²) in [6, 6.07) is 17.2. The second-order valence-electron chi connectivity index (χ2n) is 8.75. The molecule has 0 saturated carbocycles. The molecule has 0 spiro atoms. The van der Waals surface area contributed by atoms with E-state index in [0.29, 0.717) is 34.9 Å². The predicted molar refractivity (Wildman–Crippen MR) is 138 cm³/mol. The van der Waals surface area contributed by atoms with Gasteiger partial charge in [-0.05, 0) is 78.9 Å². The van der Waals surface area contributed by atoms with Gasteiger partial charge in [0.1, 0.15) is 17.3 Å². The fraction of sp³-hybridized carbons (Fsp3) is 0.241. The summed E-state index contributed by atoms with van der Waals surface area (Å²) in [5.41, 5.74) is 2.72. The van der Waals surface area contributed by atoms with E-state index >= 15 is 0 Å². The lowest BCUT2D eigenvalue weighted by atomic mass is 9.94. The molecule has 186 valence electrons. The van der Waals surface area contributed by atoms with Crippen LogP contribution in [0.3, 0.4) is 0 Å². The van der Waals surface area contributed by atoms with Crippen LogP contribution in [0.25, 0.3) is 5.76 Å². The number of aliphatic hydroxyl groups excluding tert-OH is 1. The van der Waals surface area contributed by atoms with Crippen LogP contribution < -0.4 is 4.74 Å². The minimum absolute atomic E-state index is 0.0167. The molecular formula is C29H27ClFNO4. The van der Waals surface area contributed by atoms with E-state index in [1.165, 1.54) is 17.0 Å². The van der Waals surface area contributed by atoms with E-state index < -0.39 is 17.7 Å². The molecule has 1 heterocycles. The highest BCUT2D eigenvalue weighted by atomic mass is 35.5. The maximum Gasteiger partial charge on any atom is 0.295 e. The molecule has 5 nitrogen and oxygen atoms in total. The Hall–Kier alpha value is -3.64. The molecule has 1 saturated heterocycles. The van der Waals surface area contributed by atoms with Crippen molar-refractivity contribution in [2.75, 3.05) is 13.2 Å². The molecule has 4 rings (SSSR count). The summed E-state index contributed by atoms with van der Waals surface area (Å²) in [4.78, 5) is 27.8. The van der Waals surface area contributed by atoms with Gasteiger partial charge in [0.25, 0.3) is 11.7 Å². The molecule has 0 radical (unpaired) electrons. The molecule has 3 aromatic carbocycles. The van der Waals surface area contributed by atoms with Crippen molar-refractivity contribution in [2.45, 2.75) is 32.7 Å². The number of hydrogen-bond donors (Lipinski definition) is 1. The maximum atomic E-state index is 13.3. The van der Waals surface area contributed by atoms with Crippen LogP contribution in [0.2, 0.25) is 5.02 Å². The second-order valence-corrected chi connectivity index (χ2v) is 9.19. The molecule has 1 atom stereocenters. The van der Waals surface area contributed by atoms with Gasteiger partial charge in [0.2, 0.25) is 0 Å². The van der Waals surface area contributed by atoms with Gasteiger partial charge in [-0.25, -0.2) is 4.39 Å². The quantitative estimate of drug-likeness (QED) is 0.222. The third-order valence-electron chi connectivity index (χ3n) is 6.19. The zero-order chi connectivity index (χ0) is 25.8. The predicted octanol–water partition coefficient (Wildman–Crippen LogP) is 6.24. The van der Waals surface area contributed by atoms with Gasteiger partial charge < -0.3 is 14.7 Å². The maximum absolute atomic E-state index is 13.3. The van der Waals surface area contributed by atoms with Gasteiger partial charge in [-0.2, -0.15) is 0 Å². The average molecular weight is 508 g/mol. The molecule has 0 aromatic heterocycles. The molecule has 36 heavy (non-hydrogen) atoms. The SMILES string of the molecule is CCCOc1ccc(/C(O)=C2/C(=O)C(=O)N(CCc3ccc(F)cc3)C2c2ccc(Cl)cc2)cc1C. The third-order valence-corrected chi connectivity index (χ3v) is 6.44. The standard InChI is InChI=1S/C29H27ClFNO4/c1-3-16-36-24-13-8-21(17-18(24)2)27(33)25-26(20-6-9-22(30)10-7-20)32(29(35)28(25)34)15-14-19-4-11-23(31)12-5-19/h4-13,17,26,33H,3,14-16H2,1-2H3/b27-25-. The molecule has 3 aromatic rings. The van der Waals surface area contributed by atoms with Crippen molar-refractivity contribution in [1.29, 1.82) is 0 Å². The Morgan fingerprint density at radius 2 is 1.75 bits per heavy atom. The van der Waals surface area contributed by atoms with Crippen LogP contribution in [0.4, 0.5) is 4.39 Å². The number of ketones is 1. The van der Waals surface area contributed by atoms with Crippen LogP contribution in [0.15, 0.2) is 72.3 Å². The Balaban J connectivity index is 1.74. The van der Waals surface area contributed by atoms with Crippen molar-refractivity contribution in [3.05, 3.63) is 105 Å². The number of aliphatic hydroxyl groups is 1. The normalized spacial score (nSPS) is 17.0. The summed E-state index contributed by atoms with van der Waals surface area (Å²) in [6.07, 6.45) is 1.28. The van der Waals surface area contributed by atoms with Crippen LogP contribution in [-0.4, -0.2) is 34.8 Å². The average Bonchev–Trinajstić information content (AvgIpc) is 3.12. The van der Waals surface area contributed by atoms with E-state index in [2.05, 4.69) is 0 Å². The first-order valence-electron chi connectivity index (χ1n) is 11.8. The molecule has 1 unspecified atom stereocenters. The van der Waals surface area contributed by atoms with E-state index in [9.17, 15) is 19.1 Å². The van der Waals surface area contributed by atoms with Gasteiger partial charge in [0.05, 0.1) is 18.2 Å². The highest BCUT2D eigenvalue weighted by Crippen LogP contribution is 2.40. The van der Waals surface area contributed by atoms with Crippen molar-refractivity contribution >= 4 is 29.1 Å². The largest absolute Gasteiger partial charge is 0.507 e. The van der Waals surface area contributed by atoms with Gasteiger partial charge in [-0.15, -0.1) is 0 Å². The zero-order valence-electron chi connectivity index (χ0n) is 20.1. The summed E-state index contributed by atoms with van der Waals surface area (Å²) >= 11 is 6.08. The second kappa shape index (κ2) is 11.0. The number of halogens is 2. The number of Topliss-reactive ketones (excluding diaryl/α,β-unsaturated/α-hetero) is 1. The lowest BCUT2D eigenvalue weighted by Gasteiger charge is -2.25. The first-order valence-corrected chi connectivity index (χ1v) is 12.2. The highest BCUT2D eigenvalue weighted by molar-refractivity contribution is 6.46. The smallest absolute Gasteiger partial charge is 0.295 e. The fourth-order valence-corrected chi connectivity index (χ4v) is 4.46. The van der Waals surface area contributed by atoms with E-state index in [4.69, 9.17) is 16.3 Å². The van der Waals surface area contributed by atoms with Crippen LogP contribution in [0.1, 0.15) is 41.6 Å². The van der Waals surface area contributed by atoms with Crippen molar-refractivity contribution in [2.24, 2.45) is 0 Å². The fourth-order valence-electron chi connectivity index (χ4n) is 4.33. The van der Waals surface area contributed by atoms with Gasteiger partial charge >= 0.3 is 0 Å². The molecule has 7 heteroatoms. The van der Waals surface area contributed by atoms with Gasteiger partial charge in [0, 0.05) is 17.1 Å². The van der Waals surface area contributed by atoms with Crippen LogP contribution in [0.5, 0.6) is 5.75 Å². The Bertz CT molecular complexity index is 1300. The number of likely N-dealkylation sites (tertiary alicyclic amines) is 1. The van der Waals surface area contributed by atoms with Crippen molar-refractivity contribution in [3.63, 3.8) is 0 Å². The van der Waals surface area contributed by atoms with E-state index in [1.54, 1.807) is 54.6 Å². The molecule has 1 amide bonds. The number of aryl methyl sites for hydroxylation is 1. The summed E-state index contributed by atoms with van der Waals surface area (Å²) in [5, 5.41) is 11.8. The number of ether oxygens (including phenoxy) is 1. The minimum atomic E-state index is -0.793. The van der Waals surface area contributed by atoms with Crippen LogP contribution in [0, 0.1) is 12.7 Å². The number of benzene rings is 3. The van der Waals surface area contributed by atoms with Gasteiger partial charge in [0.15, 0.2) is 0 Å². The van der Waals surface area contributed by atoms with Gasteiger partial charge in [-0.3, -0.25) is 9.59 Å². The first-order chi connectivity index (χ1) is 17.3. The molecular weight excluding hydrogens is 481 g/mol. The van der Waals surface area contributed by atoms with Crippen molar-refractivity contribution in [1.82, 2.24) is 4.90 Å². The number of carbonyl (C=O) groups is 2. The van der Waals surface area contributed by atoms with Crippen LogP contribution in [-0.2, 0) is 16.0 Å². The Kier molecular flexibility index (Phi) is 7.75. The van der Waals surface area contributed by atoms with E-state index in [-0.39, 0.29) is 23.7 Å². The molecule has 1 aliphatic heterocycles. The van der Waals surface area contributed by atoms with E-state index in [1.807, 2.05) is 13.8 Å².